The van der Waals surface area contributed by atoms with Crippen LogP contribution in [-0.2, 0) is 0 Å². The lowest BCUT2D eigenvalue weighted by molar-refractivity contribution is 0.0696. The number of hydrogen-bond acceptors (Lipinski definition) is 2. The predicted molar refractivity (Wildman–Crippen MR) is 57.1 cm³/mol. The van der Waals surface area contributed by atoms with Gasteiger partial charge in [-0.05, 0) is 37.6 Å². The van der Waals surface area contributed by atoms with E-state index in [4.69, 9.17) is 16.3 Å². The third-order valence-electron chi connectivity index (χ3n) is 1.98. The molecule has 0 heterocycles. The smallest absolute Gasteiger partial charge is 0.335 e. The first kappa shape index (κ1) is 11.1. The van der Waals surface area contributed by atoms with E-state index in [0.29, 0.717) is 11.3 Å². The van der Waals surface area contributed by atoms with E-state index in [2.05, 4.69) is 5.92 Å². The van der Waals surface area contributed by atoms with Crippen LogP contribution in [-0.4, -0.2) is 17.2 Å². The Balaban J connectivity index is 2.93. The average Bonchev–Trinajstić information content (AvgIpc) is 2.17. The number of terminal acetylenes is 1. The monoisotopic (exact) mass is 204 g/mol. The highest BCUT2D eigenvalue weighted by Crippen LogP contribution is 2.18. The molecule has 0 bridgehead atoms. The van der Waals surface area contributed by atoms with Gasteiger partial charge in [-0.2, -0.15) is 0 Å². The maximum absolute atomic E-state index is 10.7. The molecule has 1 unspecified atom stereocenters. The number of carboxylic acid groups (broad SMARTS) is 1. The van der Waals surface area contributed by atoms with Gasteiger partial charge in [0.2, 0.25) is 0 Å². The summed E-state index contributed by atoms with van der Waals surface area (Å²) < 4.78 is 5.35. The second-order valence-electron chi connectivity index (χ2n) is 3.21. The SMILES string of the molecule is C#CC(C)Oc1ccc(C(=O)O)c(C)c1. The zero-order chi connectivity index (χ0) is 11.4. The van der Waals surface area contributed by atoms with Crippen molar-refractivity contribution in [3.05, 3.63) is 29.3 Å². The summed E-state index contributed by atoms with van der Waals surface area (Å²) in [4.78, 5) is 10.7. The maximum Gasteiger partial charge on any atom is 0.335 e. The molecule has 0 radical (unpaired) electrons. The highest BCUT2D eigenvalue weighted by atomic mass is 16.5. The van der Waals surface area contributed by atoms with Crippen molar-refractivity contribution in [2.24, 2.45) is 0 Å². The normalized spacial score (nSPS) is 11.5. The van der Waals surface area contributed by atoms with E-state index >= 15 is 0 Å². The number of carbonyl (C=O) groups is 1. The van der Waals surface area contributed by atoms with Crippen LogP contribution >= 0.6 is 0 Å². The van der Waals surface area contributed by atoms with E-state index in [1.807, 2.05) is 0 Å². The van der Waals surface area contributed by atoms with Crippen molar-refractivity contribution < 1.29 is 14.6 Å². The van der Waals surface area contributed by atoms with E-state index in [-0.39, 0.29) is 11.7 Å². The standard InChI is InChI=1S/C12H12O3/c1-4-9(3)15-10-5-6-11(12(13)14)8(2)7-10/h1,5-7,9H,2-3H3,(H,13,14). The Bertz CT molecular complexity index is 415. The lowest BCUT2D eigenvalue weighted by atomic mass is 10.1. The Morgan fingerprint density at radius 2 is 2.27 bits per heavy atom. The van der Waals surface area contributed by atoms with Crippen LogP contribution in [0, 0.1) is 19.3 Å². The van der Waals surface area contributed by atoms with Crippen LogP contribution in [0.15, 0.2) is 18.2 Å². The molecule has 3 nitrogen and oxygen atoms in total. The van der Waals surface area contributed by atoms with Gasteiger partial charge in [0.25, 0.3) is 0 Å². The molecular weight excluding hydrogens is 192 g/mol. The summed E-state index contributed by atoms with van der Waals surface area (Å²) in [6, 6.07) is 4.78. The Morgan fingerprint density at radius 1 is 1.60 bits per heavy atom. The van der Waals surface area contributed by atoms with Crippen LogP contribution in [0.2, 0.25) is 0 Å². The van der Waals surface area contributed by atoms with Crippen molar-refractivity contribution in [2.75, 3.05) is 0 Å². The molecule has 0 aliphatic heterocycles. The number of aromatic carboxylic acids is 1. The van der Waals surface area contributed by atoms with Gasteiger partial charge in [0.15, 0.2) is 6.10 Å². The Labute approximate surface area is 88.7 Å². The van der Waals surface area contributed by atoms with Gasteiger partial charge >= 0.3 is 5.97 Å². The zero-order valence-electron chi connectivity index (χ0n) is 8.65. The molecule has 0 saturated carbocycles. The minimum atomic E-state index is -0.941. The molecule has 1 atom stereocenters. The van der Waals surface area contributed by atoms with E-state index < -0.39 is 5.97 Å². The van der Waals surface area contributed by atoms with Crippen LogP contribution in [0.4, 0.5) is 0 Å². The van der Waals surface area contributed by atoms with Crippen molar-refractivity contribution in [2.45, 2.75) is 20.0 Å². The van der Waals surface area contributed by atoms with Crippen LogP contribution in [0.5, 0.6) is 5.75 Å². The zero-order valence-corrected chi connectivity index (χ0v) is 8.65. The average molecular weight is 204 g/mol. The lowest BCUT2D eigenvalue weighted by Gasteiger charge is -2.10. The first-order valence-corrected chi connectivity index (χ1v) is 4.51. The van der Waals surface area contributed by atoms with Crippen LogP contribution in [0.25, 0.3) is 0 Å². The largest absolute Gasteiger partial charge is 0.478 e. The third kappa shape index (κ3) is 2.75. The van der Waals surface area contributed by atoms with E-state index in [0.717, 1.165) is 0 Å². The Kier molecular flexibility index (Phi) is 3.35. The van der Waals surface area contributed by atoms with Gasteiger partial charge in [0, 0.05) is 0 Å². The number of carboxylic acids is 1. The van der Waals surface area contributed by atoms with Gasteiger partial charge in [0.05, 0.1) is 5.56 Å². The lowest BCUT2D eigenvalue weighted by Crippen LogP contribution is -2.09. The molecule has 0 aliphatic rings. The van der Waals surface area contributed by atoms with Crippen molar-refractivity contribution >= 4 is 5.97 Å². The quantitative estimate of drug-likeness (QED) is 0.767. The molecular formula is C12H12O3. The molecule has 1 rings (SSSR count). The first-order chi connectivity index (χ1) is 7.04. The molecule has 0 saturated heterocycles. The van der Waals surface area contributed by atoms with Gasteiger partial charge in [-0.15, -0.1) is 6.42 Å². The van der Waals surface area contributed by atoms with E-state index in [1.165, 1.54) is 6.07 Å². The molecule has 1 N–H and O–H groups in total. The highest BCUT2D eigenvalue weighted by molar-refractivity contribution is 5.89. The van der Waals surface area contributed by atoms with Gasteiger partial charge in [-0.3, -0.25) is 0 Å². The third-order valence-corrected chi connectivity index (χ3v) is 1.98. The molecule has 1 aromatic rings. The molecule has 0 spiro atoms. The molecule has 15 heavy (non-hydrogen) atoms. The summed E-state index contributed by atoms with van der Waals surface area (Å²) in [6.07, 6.45) is 4.85. The molecule has 3 heteroatoms. The molecule has 0 fully saturated rings. The van der Waals surface area contributed by atoms with Gasteiger partial charge in [-0.1, -0.05) is 5.92 Å². The van der Waals surface area contributed by atoms with Crippen molar-refractivity contribution in [1.29, 1.82) is 0 Å². The number of rotatable bonds is 3. The summed E-state index contributed by atoms with van der Waals surface area (Å²) in [5, 5.41) is 8.81. The van der Waals surface area contributed by atoms with Crippen LogP contribution < -0.4 is 4.74 Å². The fraction of sp³-hybridized carbons (Fsp3) is 0.250. The fourth-order valence-electron chi connectivity index (χ4n) is 1.19. The predicted octanol–water partition coefficient (Wildman–Crippen LogP) is 2.09. The Hall–Kier alpha value is -1.95. The van der Waals surface area contributed by atoms with Crippen molar-refractivity contribution in [3.63, 3.8) is 0 Å². The second-order valence-corrected chi connectivity index (χ2v) is 3.21. The fourth-order valence-corrected chi connectivity index (χ4v) is 1.19. The summed E-state index contributed by atoms with van der Waals surface area (Å²) in [7, 11) is 0. The summed E-state index contributed by atoms with van der Waals surface area (Å²) in [6.45, 7) is 3.47. The summed E-state index contributed by atoms with van der Waals surface area (Å²) in [5.41, 5.74) is 0.930. The van der Waals surface area contributed by atoms with Gasteiger partial charge in [-0.25, -0.2) is 4.79 Å². The minimum Gasteiger partial charge on any atom is -0.478 e. The molecule has 0 aliphatic carbocycles. The van der Waals surface area contributed by atoms with Crippen LogP contribution in [0.3, 0.4) is 0 Å². The molecule has 0 aromatic heterocycles. The number of hydrogen-bond donors (Lipinski definition) is 1. The molecule has 78 valence electrons. The first-order valence-electron chi connectivity index (χ1n) is 4.51. The van der Waals surface area contributed by atoms with E-state index in [9.17, 15) is 4.79 Å². The summed E-state index contributed by atoms with van der Waals surface area (Å²) >= 11 is 0. The van der Waals surface area contributed by atoms with E-state index in [1.54, 1.807) is 26.0 Å². The highest BCUT2D eigenvalue weighted by Gasteiger charge is 2.08. The second kappa shape index (κ2) is 4.52. The number of ether oxygens (including phenoxy) is 1. The maximum atomic E-state index is 10.7. The van der Waals surface area contributed by atoms with Crippen molar-refractivity contribution in [3.8, 4) is 18.1 Å². The molecule has 0 amide bonds. The number of benzene rings is 1. The van der Waals surface area contributed by atoms with Crippen LogP contribution in [0.1, 0.15) is 22.8 Å². The topological polar surface area (TPSA) is 46.5 Å². The van der Waals surface area contributed by atoms with Gasteiger partial charge in [0.1, 0.15) is 5.75 Å². The number of aryl methyl sites for hydroxylation is 1. The molecule has 1 aromatic carbocycles. The summed E-state index contributed by atoms with van der Waals surface area (Å²) in [5.74, 6) is 2.08. The Morgan fingerprint density at radius 3 is 2.73 bits per heavy atom. The minimum absolute atomic E-state index is 0.274. The van der Waals surface area contributed by atoms with Crippen molar-refractivity contribution in [1.82, 2.24) is 0 Å². The van der Waals surface area contributed by atoms with Gasteiger partial charge < -0.3 is 9.84 Å².